The summed E-state index contributed by atoms with van der Waals surface area (Å²) in [6.07, 6.45) is 0.367. The number of benzene rings is 2. The zero-order chi connectivity index (χ0) is 14.9. The number of ether oxygens (including phenoxy) is 2. The molecule has 3 heteroatoms. The first-order chi connectivity index (χ1) is 10.1. The molecular weight excluding hydrogens is 264 g/mol. The third kappa shape index (κ3) is 2.92. The highest BCUT2D eigenvalue weighted by Crippen LogP contribution is 2.38. The molecule has 2 aromatic rings. The zero-order valence-corrected chi connectivity index (χ0v) is 12.3. The summed E-state index contributed by atoms with van der Waals surface area (Å²) < 4.78 is 11.7. The molecule has 0 atom stereocenters. The number of rotatable bonds is 3. The number of Topliss-reactive ketones (excluding diaryl/α,β-unsaturated/α-hetero) is 1. The molecule has 0 unspecified atom stereocenters. The molecule has 0 saturated carbocycles. The fourth-order valence-corrected chi connectivity index (χ4v) is 2.54. The predicted octanol–water partition coefficient (Wildman–Crippen LogP) is 4.01. The van der Waals surface area contributed by atoms with E-state index in [2.05, 4.69) is 0 Å². The Kier molecular flexibility index (Phi) is 3.42. The van der Waals surface area contributed by atoms with Crippen molar-refractivity contribution >= 4 is 5.78 Å². The highest BCUT2D eigenvalue weighted by molar-refractivity contribution is 6.02. The van der Waals surface area contributed by atoms with Crippen molar-refractivity contribution in [2.75, 3.05) is 0 Å². The molecule has 0 radical (unpaired) electrons. The van der Waals surface area contributed by atoms with E-state index in [1.54, 1.807) is 0 Å². The van der Waals surface area contributed by atoms with Crippen molar-refractivity contribution in [2.45, 2.75) is 32.5 Å². The van der Waals surface area contributed by atoms with Gasteiger partial charge in [0, 0.05) is 0 Å². The van der Waals surface area contributed by atoms with Crippen LogP contribution >= 0.6 is 0 Å². The Balaban J connectivity index is 1.86. The normalized spacial score (nSPS) is 16.0. The Morgan fingerprint density at radius 1 is 1.10 bits per heavy atom. The molecule has 0 amide bonds. The Morgan fingerprint density at radius 3 is 2.62 bits per heavy atom. The van der Waals surface area contributed by atoms with Crippen LogP contribution in [0.25, 0.3) is 0 Å². The van der Waals surface area contributed by atoms with Gasteiger partial charge in [0.2, 0.25) is 0 Å². The van der Waals surface area contributed by atoms with Crippen molar-refractivity contribution in [3.05, 3.63) is 59.7 Å². The Hall–Kier alpha value is -2.29. The lowest BCUT2D eigenvalue weighted by atomic mass is 9.92. The van der Waals surface area contributed by atoms with Crippen LogP contribution in [0.3, 0.4) is 0 Å². The highest BCUT2D eigenvalue weighted by Gasteiger charge is 2.34. The monoisotopic (exact) mass is 282 g/mol. The van der Waals surface area contributed by atoms with Gasteiger partial charge in [0.25, 0.3) is 0 Å². The average Bonchev–Trinajstić information content (AvgIpc) is 2.44. The van der Waals surface area contributed by atoms with E-state index < -0.39 is 5.60 Å². The molecule has 21 heavy (non-hydrogen) atoms. The largest absolute Gasteiger partial charge is 0.488 e. The number of carbonyl (C=O) groups excluding carboxylic acids is 1. The molecule has 1 heterocycles. The molecule has 2 aromatic carbocycles. The number of carbonyl (C=O) groups is 1. The second-order valence-corrected chi connectivity index (χ2v) is 5.87. The third-order valence-electron chi connectivity index (χ3n) is 3.48. The van der Waals surface area contributed by atoms with Crippen LogP contribution in [0.1, 0.15) is 36.2 Å². The minimum Gasteiger partial charge on any atom is -0.488 e. The van der Waals surface area contributed by atoms with Crippen LogP contribution < -0.4 is 9.47 Å². The maximum atomic E-state index is 12.4. The fourth-order valence-electron chi connectivity index (χ4n) is 2.54. The average molecular weight is 282 g/mol. The van der Waals surface area contributed by atoms with Gasteiger partial charge in [0.05, 0.1) is 6.42 Å². The summed E-state index contributed by atoms with van der Waals surface area (Å²) in [5, 5.41) is 0. The van der Waals surface area contributed by atoms with E-state index >= 15 is 0 Å². The second kappa shape index (κ2) is 5.24. The van der Waals surface area contributed by atoms with Crippen molar-refractivity contribution in [3.63, 3.8) is 0 Å². The lowest BCUT2D eigenvalue weighted by Gasteiger charge is -2.32. The van der Waals surface area contributed by atoms with Crippen LogP contribution in [0.5, 0.6) is 11.5 Å². The number of ketones is 1. The summed E-state index contributed by atoms with van der Waals surface area (Å²) in [5.41, 5.74) is 1.18. The Bertz CT molecular complexity index is 659. The molecule has 3 nitrogen and oxygen atoms in total. The summed E-state index contributed by atoms with van der Waals surface area (Å²) in [5.74, 6) is 1.28. The van der Waals surface area contributed by atoms with Crippen molar-refractivity contribution in [1.82, 2.24) is 0 Å². The van der Waals surface area contributed by atoms with Gasteiger partial charge in [0.15, 0.2) is 5.78 Å². The smallest absolute Gasteiger partial charge is 0.174 e. The van der Waals surface area contributed by atoms with E-state index in [1.807, 2.05) is 62.4 Å². The maximum absolute atomic E-state index is 12.4. The second-order valence-electron chi connectivity index (χ2n) is 5.87. The topological polar surface area (TPSA) is 35.5 Å². The molecule has 0 fully saturated rings. The highest BCUT2D eigenvalue weighted by atomic mass is 16.5. The SMILES string of the molecule is CC1(C)CC(=O)c2c(OCc3ccccc3)cccc2O1. The van der Waals surface area contributed by atoms with Crippen LogP contribution in [0.4, 0.5) is 0 Å². The van der Waals surface area contributed by atoms with Gasteiger partial charge in [-0.1, -0.05) is 36.4 Å². The van der Waals surface area contributed by atoms with Gasteiger partial charge in [-0.3, -0.25) is 4.79 Å². The van der Waals surface area contributed by atoms with Crippen LogP contribution in [0.2, 0.25) is 0 Å². The molecule has 0 saturated heterocycles. The van der Waals surface area contributed by atoms with Crippen LogP contribution in [0.15, 0.2) is 48.5 Å². The van der Waals surface area contributed by atoms with E-state index in [-0.39, 0.29) is 5.78 Å². The van der Waals surface area contributed by atoms with E-state index in [9.17, 15) is 4.79 Å². The minimum atomic E-state index is -0.456. The van der Waals surface area contributed by atoms with Gasteiger partial charge < -0.3 is 9.47 Å². The van der Waals surface area contributed by atoms with E-state index in [0.29, 0.717) is 30.1 Å². The summed E-state index contributed by atoms with van der Waals surface area (Å²) in [4.78, 5) is 12.4. The fraction of sp³-hybridized carbons (Fsp3) is 0.278. The summed E-state index contributed by atoms with van der Waals surface area (Å²) in [7, 11) is 0. The molecular formula is C18H18O3. The molecule has 0 aliphatic carbocycles. The standard InChI is InChI=1S/C18H18O3/c1-18(2)11-14(19)17-15(9-6-10-16(17)21-18)20-12-13-7-4-3-5-8-13/h3-10H,11-12H2,1-2H3. The molecule has 0 bridgehead atoms. The molecule has 0 spiro atoms. The Morgan fingerprint density at radius 2 is 1.86 bits per heavy atom. The third-order valence-corrected chi connectivity index (χ3v) is 3.48. The molecule has 1 aliphatic heterocycles. The van der Waals surface area contributed by atoms with Crippen molar-refractivity contribution in [2.24, 2.45) is 0 Å². The van der Waals surface area contributed by atoms with Crippen LogP contribution in [0, 0.1) is 0 Å². The molecule has 1 aliphatic rings. The number of fused-ring (bicyclic) bond motifs is 1. The maximum Gasteiger partial charge on any atom is 0.174 e. The van der Waals surface area contributed by atoms with Gasteiger partial charge in [-0.2, -0.15) is 0 Å². The first kappa shape index (κ1) is 13.7. The van der Waals surface area contributed by atoms with E-state index in [4.69, 9.17) is 9.47 Å². The lowest BCUT2D eigenvalue weighted by Crippen LogP contribution is -2.36. The van der Waals surface area contributed by atoms with Crippen LogP contribution in [-0.4, -0.2) is 11.4 Å². The Labute approximate surface area is 124 Å². The van der Waals surface area contributed by atoms with Crippen molar-refractivity contribution in [3.8, 4) is 11.5 Å². The predicted molar refractivity (Wildman–Crippen MR) is 80.9 cm³/mol. The van der Waals surface area contributed by atoms with E-state index in [1.165, 1.54) is 0 Å². The minimum absolute atomic E-state index is 0.0740. The molecule has 0 N–H and O–H groups in total. The summed E-state index contributed by atoms with van der Waals surface area (Å²) >= 11 is 0. The summed E-state index contributed by atoms with van der Waals surface area (Å²) in [6, 6.07) is 15.4. The molecule has 0 aromatic heterocycles. The van der Waals surface area contributed by atoms with Gasteiger partial charge >= 0.3 is 0 Å². The van der Waals surface area contributed by atoms with Gasteiger partial charge in [0.1, 0.15) is 29.3 Å². The first-order valence-corrected chi connectivity index (χ1v) is 7.07. The van der Waals surface area contributed by atoms with Gasteiger partial charge in [-0.15, -0.1) is 0 Å². The first-order valence-electron chi connectivity index (χ1n) is 7.07. The van der Waals surface area contributed by atoms with Crippen molar-refractivity contribution in [1.29, 1.82) is 0 Å². The summed E-state index contributed by atoms with van der Waals surface area (Å²) in [6.45, 7) is 4.28. The van der Waals surface area contributed by atoms with Crippen LogP contribution in [-0.2, 0) is 6.61 Å². The van der Waals surface area contributed by atoms with E-state index in [0.717, 1.165) is 5.56 Å². The molecule has 3 rings (SSSR count). The van der Waals surface area contributed by atoms with Gasteiger partial charge in [-0.25, -0.2) is 0 Å². The number of hydrogen-bond acceptors (Lipinski definition) is 3. The quantitative estimate of drug-likeness (QED) is 0.853. The lowest BCUT2D eigenvalue weighted by molar-refractivity contribution is 0.0611. The molecule has 108 valence electrons. The van der Waals surface area contributed by atoms with Crippen molar-refractivity contribution < 1.29 is 14.3 Å². The zero-order valence-electron chi connectivity index (χ0n) is 12.3. The number of hydrogen-bond donors (Lipinski definition) is 0. The van der Waals surface area contributed by atoms with Gasteiger partial charge in [-0.05, 0) is 31.5 Å².